The Morgan fingerprint density at radius 2 is 2.67 bits per heavy atom. The van der Waals surface area contributed by atoms with Gasteiger partial charge in [-0.2, -0.15) is 4.40 Å². The summed E-state index contributed by atoms with van der Waals surface area (Å²) in [6.45, 7) is 0. The average Bonchev–Trinajstić information content (AvgIpc) is 1.90. The average molecular weight is 143 g/mol. The Bertz CT molecular complexity index is 186. The Balaban J connectivity index is 2.69. The summed E-state index contributed by atoms with van der Waals surface area (Å²) in [4.78, 5) is 10.4. The summed E-state index contributed by atoms with van der Waals surface area (Å²) in [6, 6.07) is 0. The standard InChI is InChI=1S/C4H5N3OS/c5-4(8)3-1-2-6-9-7-3/h1-2,6H,(H2,5,8). The van der Waals surface area contributed by atoms with Gasteiger partial charge in [-0.15, -0.1) is 0 Å². The third kappa shape index (κ3) is 1.46. The van der Waals surface area contributed by atoms with E-state index in [4.69, 9.17) is 5.73 Å². The summed E-state index contributed by atoms with van der Waals surface area (Å²) in [5, 5.41) is 0. The van der Waals surface area contributed by atoms with Gasteiger partial charge in [0.2, 0.25) is 0 Å². The Morgan fingerprint density at radius 1 is 1.89 bits per heavy atom. The highest BCUT2D eigenvalue weighted by Gasteiger charge is 2.03. The number of nitrogens with one attached hydrogen (secondary N) is 1. The lowest BCUT2D eigenvalue weighted by molar-refractivity contribution is -0.111. The summed E-state index contributed by atoms with van der Waals surface area (Å²) < 4.78 is 6.40. The second-order valence-corrected chi connectivity index (χ2v) is 1.98. The quantitative estimate of drug-likeness (QED) is 0.490. The van der Waals surface area contributed by atoms with E-state index in [9.17, 15) is 4.79 Å². The molecule has 1 aliphatic rings. The van der Waals surface area contributed by atoms with E-state index in [2.05, 4.69) is 9.12 Å². The van der Waals surface area contributed by atoms with Crippen LogP contribution < -0.4 is 10.5 Å². The molecule has 3 N–H and O–H groups in total. The maximum Gasteiger partial charge on any atom is 0.268 e. The van der Waals surface area contributed by atoms with Gasteiger partial charge in [0.15, 0.2) is 0 Å². The highest BCUT2D eigenvalue weighted by Crippen LogP contribution is 2.01. The molecule has 0 spiro atoms. The maximum absolute atomic E-state index is 10.4. The van der Waals surface area contributed by atoms with Crippen molar-refractivity contribution in [3.05, 3.63) is 12.3 Å². The van der Waals surface area contributed by atoms with E-state index < -0.39 is 5.91 Å². The summed E-state index contributed by atoms with van der Waals surface area (Å²) in [6.07, 6.45) is 3.14. The predicted octanol–water partition coefficient (Wildman–Crippen LogP) is -0.407. The van der Waals surface area contributed by atoms with E-state index >= 15 is 0 Å². The maximum atomic E-state index is 10.4. The Hall–Kier alpha value is -0.970. The number of hydrogen-bond acceptors (Lipinski definition) is 4. The van der Waals surface area contributed by atoms with E-state index in [0.29, 0.717) is 5.71 Å². The van der Waals surface area contributed by atoms with Crippen LogP contribution in [-0.4, -0.2) is 11.6 Å². The fraction of sp³-hybridized carbons (Fsp3) is 0. The Morgan fingerprint density at radius 3 is 3.00 bits per heavy atom. The van der Waals surface area contributed by atoms with Gasteiger partial charge in [-0.1, -0.05) is 0 Å². The molecule has 0 aromatic carbocycles. The molecule has 0 aromatic heterocycles. The fourth-order valence-corrected chi connectivity index (χ4v) is 0.807. The first-order chi connectivity index (χ1) is 4.30. The highest BCUT2D eigenvalue weighted by molar-refractivity contribution is 7.96. The van der Waals surface area contributed by atoms with E-state index in [1.54, 1.807) is 6.20 Å². The molecule has 9 heavy (non-hydrogen) atoms. The molecule has 0 unspecified atom stereocenters. The lowest BCUT2D eigenvalue weighted by atomic mass is 10.3. The lowest BCUT2D eigenvalue weighted by Crippen LogP contribution is -2.22. The molecule has 0 aromatic rings. The molecule has 1 amide bonds. The van der Waals surface area contributed by atoms with Crippen molar-refractivity contribution in [3.63, 3.8) is 0 Å². The van der Waals surface area contributed by atoms with Crippen molar-refractivity contribution in [2.45, 2.75) is 0 Å². The second-order valence-electron chi connectivity index (χ2n) is 1.38. The summed E-state index contributed by atoms with van der Waals surface area (Å²) in [5.41, 5.74) is 5.20. The minimum absolute atomic E-state index is 0.291. The smallest absolute Gasteiger partial charge is 0.268 e. The van der Waals surface area contributed by atoms with Crippen molar-refractivity contribution in [2.24, 2.45) is 10.1 Å². The molecule has 0 radical (unpaired) electrons. The predicted molar refractivity (Wildman–Crippen MR) is 36.5 cm³/mol. The molecule has 0 bridgehead atoms. The van der Waals surface area contributed by atoms with Crippen molar-refractivity contribution in [1.29, 1.82) is 0 Å². The monoisotopic (exact) mass is 143 g/mol. The van der Waals surface area contributed by atoms with Crippen LogP contribution in [0.2, 0.25) is 0 Å². The van der Waals surface area contributed by atoms with E-state index in [1.807, 2.05) is 0 Å². The summed E-state index contributed by atoms with van der Waals surface area (Å²) in [7, 11) is 0. The van der Waals surface area contributed by atoms with Gasteiger partial charge in [-0.05, 0) is 6.08 Å². The van der Waals surface area contributed by atoms with Crippen LogP contribution in [-0.2, 0) is 4.79 Å². The molecule has 5 heteroatoms. The molecular formula is C4H5N3OS. The molecule has 4 nitrogen and oxygen atoms in total. The second kappa shape index (κ2) is 2.54. The zero-order valence-corrected chi connectivity index (χ0v) is 5.31. The first-order valence-corrected chi connectivity index (χ1v) is 3.04. The highest BCUT2D eigenvalue weighted by atomic mass is 32.2. The van der Waals surface area contributed by atoms with E-state index in [-0.39, 0.29) is 0 Å². The molecular weight excluding hydrogens is 138 g/mol. The van der Waals surface area contributed by atoms with Gasteiger partial charge in [0.25, 0.3) is 5.91 Å². The lowest BCUT2D eigenvalue weighted by Gasteiger charge is -2.00. The third-order valence-corrected chi connectivity index (χ3v) is 1.29. The van der Waals surface area contributed by atoms with Gasteiger partial charge < -0.3 is 10.5 Å². The molecule has 0 saturated carbocycles. The topological polar surface area (TPSA) is 67.5 Å². The van der Waals surface area contributed by atoms with Crippen molar-refractivity contribution in [2.75, 3.05) is 0 Å². The van der Waals surface area contributed by atoms with E-state index in [0.717, 1.165) is 12.1 Å². The van der Waals surface area contributed by atoms with Crippen LogP contribution in [0.1, 0.15) is 0 Å². The van der Waals surface area contributed by atoms with Gasteiger partial charge in [0.05, 0.1) is 12.1 Å². The van der Waals surface area contributed by atoms with Crippen LogP contribution in [0.5, 0.6) is 0 Å². The third-order valence-electron chi connectivity index (χ3n) is 0.758. The molecule has 0 fully saturated rings. The normalized spacial score (nSPS) is 16.2. The number of nitrogens with zero attached hydrogens (tertiary/aromatic N) is 1. The van der Waals surface area contributed by atoms with Crippen molar-refractivity contribution in [1.82, 2.24) is 4.72 Å². The number of carbonyl (C=O) groups excluding carboxylic acids is 1. The van der Waals surface area contributed by atoms with Crippen LogP contribution in [0.15, 0.2) is 16.7 Å². The number of nitrogens with two attached hydrogens (primary N) is 1. The Labute approximate surface area is 56.5 Å². The van der Waals surface area contributed by atoms with Crippen LogP contribution in [0.25, 0.3) is 0 Å². The largest absolute Gasteiger partial charge is 0.364 e. The molecule has 1 rings (SSSR count). The fourth-order valence-electron chi connectivity index (χ4n) is 0.376. The number of hydrogen-bond donors (Lipinski definition) is 2. The summed E-state index contributed by atoms with van der Waals surface area (Å²) in [5.74, 6) is -0.500. The van der Waals surface area contributed by atoms with Crippen molar-refractivity contribution < 1.29 is 4.79 Å². The van der Waals surface area contributed by atoms with Crippen LogP contribution >= 0.6 is 12.1 Å². The minimum atomic E-state index is -0.500. The number of rotatable bonds is 1. The number of primary amides is 1. The first kappa shape index (κ1) is 6.15. The van der Waals surface area contributed by atoms with E-state index in [1.165, 1.54) is 6.08 Å². The van der Waals surface area contributed by atoms with Gasteiger partial charge >= 0.3 is 0 Å². The molecule has 48 valence electrons. The number of amides is 1. The number of carbonyl (C=O) groups is 1. The Kier molecular flexibility index (Phi) is 1.74. The van der Waals surface area contributed by atoms with Crippen LogP contribution in [0, 0.1) is 0 Å². The van der Waals surface area contributed by atoms with Crippen LogP contribution in [0.4, 0.5) is 0 Å². The molecule has 0 aliphatic carbocycles. The molecule has 0 saturated heterocycles. The van der Waals surface area contributed by atoms with Crippen molar-refractivity contribution in [3.8, 4) is 0 Å². The molecule has 1 aliphatic heterocycles. The summed E-state index contributed by atoms with van der Waals surface area (Å²) >= 11 is 1.08. The SMILES string of the molecule is NC(=O)C1=NSNC=C1. The minimum Gasteiger partial charge on any atom is -0.364 e. The van der Waals surface area contributed by atoms with Gasteiger partial charge in [-0.3, -0.25) is 4.79 Å². The van der Waals surface area contributed by atoms with Gasteiger partial charge in [0, 0.05) is 6.20 Å². The van der Waals surface area contributed by atoms with Crippen LogP contribution in [0.3, 0.4) is 0 Å². The molecule has 1 heterocycles. The molecule has 0 atom stereocenters. The van der Waals surface area contributed by atoms with Crippen molar-refractivity contribution >= 4 is 23.8 Å². The van der Waals surface area contributed by atoms with Gasteiger partial charge in [-0.25, -0.2) is 0 Å². The van der Waals surface area contributed by atoms with Gasteiger partial charge in [0.1, 0.15) is 5.71 Å². The zero-order chi connectivity index (χ0) is 6.69. The zero-order valence-electron chi connectivity index (χ0n) is 4.50. The first-order valence-electron chi connectivity index (χ1n) is 2.26.